The van der Waals surface area contributed by atoms with Crippen molar-refractivity contribution in [3.8, 4) is 5.75 Å². The zero-order chi connectivity index (χ0) is 26.9. The Hall–Kier alpha value is -3.38. The molecule has 0 heterocycles. The molecule has 0 saturated carbocycles. The van der Waals surface area contributed by atoms with E-state index in [2.05, 4.69) is 5.32 Å². The molecular weight excluding hydrogens is 491 g/mol. The maximum Gasteiger partial charge on any atom is 0.261 e. The fourth-order valence-electron chi connectivity index (χ4n) is 4.02. The van der Waals surface area contributed by atoms with E-state index in [4.69, 9.17) is 16.3 Å². The van der Waals surface area contributed by atoms with Gasteiger partial charge in [0.1, 0.15) is 17.6 Å². The monoisotopic (exact) mass is 524 g/mol. The number of benzene rings is 3. The van der Waals surface area contributed by atoms with Crippen LogP contribution in [-0.2, 0) is 22.6 Å². The van der Waals surface area contributed by atoms with Crippen LogP contribution in [-0.4, -0.2) is 35.4 Å². The van der Waals surface area contributed by atoms with Crippen LogP contribution in [0.25, 0.3) is 0 Å². The minimum absolute atomic E-state index is 0.0705. The van der Waals surface area contributed by atoms with Gasteiger partial charge in [-0.15, -0.1) is 0 Å². The number of nitrogens with one attached hydrogen (secondary N) is 1. The number of aryl methyl sites for hydroxylation is 2. The fraction of sp³-hybridized carbons (Fsp3) is 0.333. The summed E-state index contributed by atoms with van der Waals surface area (Å²) in [4.78, 5) is 28.5. The van der Waals surface area contributed by atoms with Crippen molar-refractivity contribution >= 4 is 23.4 Å². The molecule has 7 heteroatoms. The molecule has 0 radical (unpaired) electrons. The number of amides is 2. The number of carbonyl (C=O) groups excluding carboxylic acids is 2. The van der Waals surface area contributed by atoms with E-state index < -0.39 is 17.8 Å². The summed E-state index contributed by atoms with van der Waals surface area (Å²) in [5, 5.41) is 3.64. The van der Waals surface area contributed by atoms with Gasteiger partial charge in [-0.2, -0.15) is 0 Å². The van der Waals surface area contributed by atoms with Crippen molar-refractivity contribution in [3.63, 3.8) is 0 Å². The summed E-state index contributed by atoms with van der Waals surface area (Å²) in [6.07, 6.45) is 1.02. The van der Waals surface area contributed by atoms with Gasteiger partial charge >= 0.3 is 0 Å². The highest BCUT2D eigenvalue weighted by molar-refractivity contribution is 6.32. The first-order chi connectivity index (χ1) is 17.7. The Morgan fingerprint density at radius 2 is 1.65 bits per heavy atom. The quantitative estimate of drug-likeness (QED) is 0.333. The molecule has 0 unspecified atom stereocenters. The van der Waals surface area contributed by atoms with Crippen molar-refractivity contribution in [2.75, 3.05) is 6.61 Å². The number of ether oxygens (including phenoxy) is 1. The van der Waals surface area contributed by atoms with Gasteiger partial charge in [0, 0.05) is 29.6 Å². The molecule has 196 valence electrons. The van der Waals surface area contributed by atoms with Crippen LogP contribution in [0.4, 0.5) is 4.39 Å². The van der Waals surface area contributed by atoms with Crippen molar-refractivity contribution in [2.45, 2.75) is 59.2 Å². The molecule has 1 N–H and O–H groups in total. The normalized spacial score (nSPS) is 12.5. The summed E-state index contributed by atoms with van der Waals surface area (Å²) in [5.41, 5.74) is 2.89. The van der Waals surface area contributed by atoms with Crippen LogP contribution in [0.15, 0.2) is 66.7 Å². The molecule has 3 aromatic carbocycles. The molecule has 0 aromatic heterocycles. The van der Waals surface area contributed by atoms with Gasteiger partial charge in [0.25, 0.3) is 5.91 Å². The SMILES string of the molecule is CC[C@H](C)NC(=O)[C@H](Cc1ccccc1)N(Cc1ccccc1F)C(=O)COc1cc(C)c(Cl)c(C)c1. The van der Waals surface area contributed by atoms with Gasteiger partial charge in [-0.25, -0.2) is 4.39 Å². The van der Waals surface area contributed by atoms with Crippen molar-refractivity contribution in [1.82, 2.24) is 10.2 Å². The van der Waals surface area contributed by atoms with E-state index in [9.17, 15) is 14.0 Å². The second-order valence-corrected chi connectivity index (χ2v) is 9.67. The Bertz CT molecular complexity index is 1200. The van der Waals surface area contributed by atoms with E-state index in [1.165, 1.54) is 11.0 Å². The number of halogens is 2. The predicted molar refractivity (Wildman–Crippen MR) is 145 cm³/mol. The Labute approximate surface area is 223 Å². The molecule has 0 fully saturated rings. The zero-order valence-corrected chi connectivity index (χ0v) is 22.5. The smallest absolute Gasteiger partial charge is 0.261 e. The first-order valence-electron chi connectivity index (χ1n) is 12.5. The predicted octanol–water partition coefficient (Wildman–Crippen LogP) is 6.03. The van der Waals surface area contributed by atoms with Crippen LogP contribution < -0.4 is 10.1 Å². The molecule has 0 saturated heterocycles. The molecule has 0 aliphatic heterocycles. The average Bonchev–Trinajstić information content (AvgIpc) is 2.89. The Morgan fingerprint density at radius 1 is 1.03 bits per heavy atom. The molecule has 37 heavy (non-hydrogen) atoms. The molecule has 0 bridgehead atoms. The van der Waals surface area contributed by atoms with Crippen LogP contribution in [0.5, 0.6) is 5.75 Å². The molecule has 0 aliphatic rings. The van der Waals surface area contributed by atoms with Crippen LogP contribution in [0, 0.1) is 19.7 Å². The first-order valence-corrected chi connectivity index (χ1v) is 12.8. The summed E-state index contributed by atoms with van der Waals surface area (Å²) in [6.45, 7) is 7.24. The third-order valence-corrected chi connectivity index (χ3v) is 6.94. The van der Waals surface area contributed by atoms with E-state index in [1.54, 1.807) is 30.3 Å². The Morgan fingerprint density at radius 3 is 2.27 bits per heavy atom. The highest BCUT2D eigenvalue weighted by Gasteiger charge is 2.31. The molecule has 5 nitrogen and oxygen atoms in total. The minimum atomic E-state index is -0.860. The zero-order valence-electron chi connectivity index (χ0n) is 21.8. The number of carbonyl (C=O) groups is 2. The number of nitrogens with zero attached hydrogens (tertiary/aromatic N) is 1. The van der Waals surface area contributed by atoms with E-state index in [0.29, 0.717) is 16.3 Å². The number of hydrogen-bond donors (Lipinski definition) is 1. The third kappa shape index (κ3) is 7.80. The molecule has 0 spiro atoms. The Kier molecular flexibility index (Phi) is 10.1. The van der Waals surface area contributed by atoms with E-state index in [0.717, 1.165) is 23.1 Å². The van der Waals surface area contributed by atoms with E-state index >= 15 is 0 Å². The summed E-state index contributed by atoms with van der Waals surface area (Å²) in [7, 11) is 0. The van der Waals surface area contributed by atoms with Crippen molar-refractivity contribution in [1.29, 1.82) is 0 Å². The molecule has 3 aromatic rings. The van der Waals surface area contributed by atoms with Crippen LogP contribution in [0.2, 0.25) is 5.02 Å². The van der Waals surface area contributed by atoms with Gasteiger partial charge < -0.3 is 15.0 Å². The number of rotatable bonds is 11. The van der Waals surface area contributed by atoms with E-state index in [-0.39, 0.29) is 31.5 Å². The summed E-state index contributed by atoms with van der Waals surface area (Å²) in [5.74, 6) is -0.650. The summed E-state index contributed by atoms with van der Waals surface area (Å²) >= 11 is 6.26. The van der Waals surface area contributed by atoms with E-state index in [1.807, 2.05) is 58.0 Å². The first kappa shape index (κ1) is 28.2. The molecule has 2 atom stereocenters. The summed E-state index contributed by atoms with van der Waals surface area (Å²) in [6, 6.07) is 18.3. The largest absolute Gasteiger partial charge is 0.484 e. The molecule has 2 amide bonds. The van der Waals surface area contributed by atoms with Crippen LogP contribution in [0.1, 0.15) is 42.5 Å². The lowest BCUT2D eigenvalue weighted by molar-refractivity contribution is -0.143. The van der Waals surface area contributed by atoms with Gasteiger partial charge in [0.05, 0.1) is 0 Å². The maximum absolute atomic E-state index is 14.7. The lowest BCUT2D eigenvalue weighted by Gasteiger charge is -2.32. The van der Waals surface area contributed by atoms with Crippen LogP contribution >= 0.6 is 11.6 Å². The van der Waals surface area contributed by atoms with Gasteiger partial charge in [-0.3, -0.25) is 9.59 Å². The topological polar surface area (TPSA) is 58.6 Å². The van der Waals surface area contributed by atoms with Gasteiger partial charge in [0.2, 0.25) is 5.91 Å². The Balaban J connectivity index is 1.94. The van der Waals surface area contributed by atoms with Gasteiger partial charge in [-0.1, -0.05) is 67.1 Å². The van der Waals surface area contributed by atoms with Crippen molar-refractivity contribution < 1.29 is 18.7 Å². The fourth-order valence-corrected chi connectivity index (χ4v) is 4.13. The second-order valence-electron chi connectivity index (χ2n) is 9.30. The molecular formula is C30H34ClFN2O3. The van der Waals surface area contributed by atoms with Crippen molar-refractivity contribution in [2.24, 2.45) is 0 Å². The maximum atomic E-state index is 14.7. The average molecular weight is 525 g/mol. The van der Waals surface area contributed by atoms with Crippen LogP contribution in [0.3, 0.4) is 0 Å². The lowest BCUT2D eigenvalue weighted by atomic mass is 10.0. The highest BCUT2D eigenvalue weighted by atomic mass is 35.5. The van der Waals surface area contributed by atoms with Crippen molar-refractivity contribution in [3.05, 3.63) is 99.8 Å². The standard InChI is InChI=1S/C30H34ClFN2O3/c1-5-22(4)33-30(36)27(17-23-11-7-6-8-12-23)34(18-24-13-9-10-14-26(24)32)28(35)19-37-25-15-20(2)29(31)21(3)16-25/h6-16,22,27H,5,17-19H2,1-4H3,(H,33,36)/t22-,27-/m0/s1. The van der Waals surface area contributed by atoms with Gasteiger partial charge in [0.15, 0.2) is 6.61 Å². The molecule has 0 aliphatic carbocycles. The molecule has 3 rings (SSSR count). The minimum Gasteiger partial charge on any atom is -0.484 e. The second kappa shape index (κ2) is 13.2. The summed E-state index contributed by atoms with van der Waals surface area (Å²) < 4.78 is 20.5. The van der Waals surface area contributed by atoms with Gasteiger partial charge in [-0.05, 0) is 62.1 Å². The third-order valence-electron chi connectivity index (χ3n) is 6.34. The lowest BCUT2D eigenvalue weighted by Crippen LogP contribution is -2.53. The number of hydrogen-bond acceptors (Lipinski definition) is 3. The highest BCUT2D eigenvalue weighted by Crippen LogP contribution is 2.26.